The third-order valence-electron chi connectivity index (χ3n) is 12.3. The predicted octanol–water partition coefficient (Wildman–Crippen LogP) is 16.9. The summed E-state index contributed by atoms with van der Waals surface area (Å²) in [5, 5.41) is 0. The molecule has 0 aromatic carbocycles. The van der Waals surface area contributed by atoms with E-state index in [-0.39, 0.29) is 31.1 Å². The maximum Gasteiger partial charge on any atom is 0.306 e. The summed E-state index contributed by atoms with van der Waals surface area (Å²) in [7, 11) is 0. The second-order valence-corrected chi connectivity index (χ2v) is 18.9. The zero-order valence-corrected chi connectivity index (χ0v) is 40.4. The lowest BCUT2D eigenvalue weighted by atomic mass is 10.00. The summed E-state index contributed by atoms with van der Waals surface area (Å²) in [5.74, 6) is 0.816. The Balaban J connectivity index is 4.26. The van der Waals surface area contributed by atoms with Crippen molar-refractivity contribution in [3.8, 4) is 0 Å². The molecule has 0 aliphatic carbocycles. The molecule has 0 aliphatic rings. The molecule has 0 aromatic rings. The van der Waals surface area contributed by atoms with Crippen molar-refractivity contribution in [2.75, 3.05) is 13.2 Å². The summed E-state index contributed by atoms with van der Waals surface area (Å²) < 4.78 is 16.8. The van der Waals surface area contributed by atoms with E-state index in [2.05, 4.69) is 34.6 Å². The van der Waals surface area contributed by atoms with Gasteiger partial charge in [0.15, 0.2) is 6.10 Å². The molecular formula is C53H102O6. The lowest BCUT2D eigenvalue weighted by Crippen LogP contribution is -2.30. The molecule has 0 amide bonds. The predicted molar refractivity (Wildman–Crippen MR) is 252 cm³/mol. The fourth-order valence-electron chi connectivity index (χ4n) is 7.96. The molecule has 6 heteroatoms. The van der Waals surface area contributed by atoms with Crippen molar-refractivity contribution in [3.05, 3.63) is 0 Å². The Hall–Kier alpha value is -1.59. The van der Waals surface area contributed by atoms with Crippen molar-refractivity contribution >= 4 is 17.9 Å². The van der Waals surface area contributed by atoms with E-state index in [1.54, 1.807) is 0 Å². The van der Waals surface area contributed by atoms with Crippen molar-refractivity contribution in [1.82, 2.24) is 0 Å². The van der Waals surface area contributed by atoms with Crippen molar-refractivity contribution in [2.45, 2.75) is 298 Å². The Morgan fingerprint density at radius 2 is 0.644 bits per heavy atom. The van der Waals surface area contributed by atoms with E-state index in [9.17, 15) is 14.4 Å². The van der Waals surface area contributed by atoms with Gasteiger partial charge in [-0.3, -0.25) is 14.4 Å². The third-order valence-corrected chi connectivity index (χ3v) is 12.3. The third kappa shape index (κ3) is 45.8. The Morgan fingerprint density at radius 3 is 0.966 bits per heavy atom. The smallest absolute Gasteiger partial charge is 0.306 e. The topological polar surface area (TPSA) is 78.9 Å². The van der Waals surface area contributed by atoms with Gasteiger partial charge in [0.1, 0.15) is 13.2 Å². The average molecular weight is 835 g/mol. The van der Waals surface area contributed by atoms with Crippen molar-refractivity contribution in [3.63, 3.8) is 0 Å². The van der Waals surface area contributed by atoms with E-state index in [1.165, 1.54) is 180 Å². The van der Waals surface area contributed by atoms with Gasteiger partial charge in [0, 0.05) is 19.3 Å². The number of hydrogen-bond donors (Lipinski definition) is 0. The van der Waals surface area contributed by atoms with Crippen LogP contribution in [-0.2, 0) is 28.6 Å². The molecule has 0 aromatic heterocycles. The minimum absolute atomic E-state index is 0.0642. The number of unbranched alkanes of at least 4 members (excludes halogenated alkanes) is 31. The number of esters is 3. The van der Waals surface area contributed by atoms with E-state index in [4.69, 9.17) is 14.2 Å². The van der Waals surface area contributed by atoms with Gasteiger partial charge in [0.2, 0.25) is 0 Å². The van der Waals surface area contributed by atoms with Gasteiger partial charge in [-0.1, -0.05) is 253 Å². The van der Waals surface area contributed by atoms with E-state index in [0.29, 0.717) is 19.3 Å². The summed E-state index contributed by atoms with van der Waals surface area (Å²) in [4.78, 5) is 37.9. The molecular weight excluding hydrogens is 733 g/mol. The normalized spacial score (nSPS) is 12.5. The highest BCUT2D eigenvalue weighted by molar-refractivity contribution is 5.71. The zero-order valence-electron chi connectivity index (χ0n) is 40.4. The van der Waals surface area contributed by atoms with Gasteiger partial charge in [-0.05, 0) is 31.1 Å². The first-order valence-corrected chi connectivity index (χ1v) is 26.3. The van der Waals surface area contributed by atoms with Gasteiger partial charge in [-0.2, -0.15) is 0 Å². The fraction of sp³-hybridized carbons (Fsp3) is 0.943. The van der Waals surface area contributed by atoms with Crippen LogP contribution in [0.15, 0.2) is 0 Å². The molecule has 0 spiro atoms. The molecule has 0 saturated carbocycles. The van der Waals surface area contributed by atoms with Crippen LogP contribution in [0.25, 0.3) is 0 Å². The Labute approximate surface area is 368 Å². The van der Waals surface area contributed by atoms with Gasteiger partial charge in [0.25, 0.3) is 0 Å². The lowest BCUT2D eigenvalue weighted by Gasteiger charge is -2.18. The summed E-state index contributed by atoms with van der Waals surface area (Å²) in [6, 6.07) is 0. The minimum atomic E-state index is -0.762. The first kappa shape index (κ1) is 57.4. The molecule has 0 saturated heterocycles. The molecule has 6 nitrogen and oxygen atoms in total. The van der Waals surface area contributed by atoms with Crippen molar-refractivity contribution < 1.29 is 28.6 Å². The second kappa shape index (κ2) is 45.9. The second-order valence-electron chi connectivity index (χ2n) is 18.9. The molecule has 350 valence electrons. The number of carbonyl (C=O) groups is 3. The van der Waals surface area contributed by atoms with Crippen LogP contribution in [0.5, 0.6) is 0 Å². The molecule has 0 fully saturated rings. The van der Waals surface area contributed by atoms with Crippen LogP contribution in [0.1, 0.15) is 291 Å². The molecule has 2 atom stereocenters. The van der Waals surface area contributed by atoms with Crippen LogP contribution in [0.3, 0.4) is 0 Å². The van der Waals surface area contributed by atoms with Crippen LogP contribution in [0, 0.1) is 11.8 Å². The molecule has 0 rings (SSSR count). The van der Waals surface area contributed by atoms with Gasteiger partial charge >= 0.3 is 17.9 Å². The quantitative estimate of drug-likeness (QED) is 0.0345. The van der Waals surface area contributed by atoms with Crippen LogP contribution in [-0.4, -0.2) is 37.2 Å². The van der Waals surface area contributed by atoms with E-state index in [1.807, 2.05) is 0 Å². The zero-order chi connectivity index (χ0) is 43.3. The molecule has 59 heavy (non-hydrogen) atoms. The van der Waals surface area contributed by atoms with Gasteiger partial charge < -0.3 is 14.2 Å². The standard InChI is InChI=1S/C53H102O6/c1-6-8-9-10-11-12-13-21-24-27-33-38-43-51(54)57-46-50(47-58-52(55)44-39-34-30-29-32-37-42-49(5)7-2)59-53(56)45-40-35-28-25-22-19-17-15-14-16-18-20-23-26-31-36-41-48(3)4/h48-50H,6-47H2,1-5H3/t49?,50-/m0/s1. The van der Waals surface area contributed by atoms with E-state index in [0.717, 1.165) is 69.6 Å². The van der Waals surface area contributed by atoms with Gasteiger partial charge in [-0.15, -0.1) is 0 Å². The minimum Gasteiger partial charge on any atom is -0.462 e. The molecule has 0 aliphatic heterocycles. The first-order chi connectivity index (χ1) is 28.8. The maximum atomic E-state index is 12.8. The molecule has 0 radical (unpaired) electrons. The largest absolute Gasteiger partial charge is 0.462 e. The van der Waals surface area contributed by atoms with Crippen LogP contribution in [0.4, 0.5) is 0 Å². The van der Waals surface area contributed by atoms with Crippen LogP contribution in [0.2, 0.25) is 0 Å². The number of rotatable bonds is 47. The fourth-order valence-corrected chi connectivity index (χ4v) is 7.96. The monoisotopic (exact) mass is 835 g/mol. The van der Waals surface area contributed by atoms with Crippen LogP contribution < -0.4 is 0 Å². The number of carbonyl (C=O) groups excluding carboxylic acids is 3. The first-order valence-electron chi connectivity index (χ1n) is 26.3. The average Bonchev–Trinajstić information content (AvgIpc) is 3.22. The maximum absolute atomic E-state index is 12.8. The number of hydrogen-bond acceptors (Lipinski definition) is 6. The highest BCUT2D eigenvalue weighted by Crippen LogP contribution is 2.18. The summed E-state index contributed by atoms with van der Waals surface area (Å²) >= 11 is 0. The summed E-state index contributed by atoms with van der Waals surface area (Å²) in [6.45, 7) is 11.4. The SMILES string of the molecule is CCCCCCCCCCCCCCC(=O)OC[C@@H](COC(=O)CCCCCCCCC(C)CC)OC(=O)CCCCCCCCCCCCCCCCCCC(C)C. The van der Waals surface area contributed by atoms with Gasteiger partial charge in [0.05, 0.1) is 0 Å². The van der Waals surface area contributed by atoms with Crippen molar-refractivity contribution in [2.24, 2.45) is 11.8 Å². The van der Waals surface area contributed by atoms with E-state index >= 15 is 0 Å². The molecule has 1 unspecified atom stereocenters. The Kier molecular flexibility index (Phi) is 44.7. The highest BCUT2D eigenvalue weighted by atomic mass is 16.6. The molecule has 0 heterocycles. The highest BCUT2D eigenvalue weighted by Gasteiger charge is 2.19. The summed E-state index contributed by atoms with van der Waals surface area (Å²) in [6.07, 6.45) is 46.6. The van der Waals surface area contributed by atoms with Gasteiger partial charge in [-0.25, -0.2) is 0 Å². The Morgan fingerprint density at radius 1 is 0.356 bits per heavy atom. The Bertz CT molecular complexity index is 902. The number of ether oxygens (including phenoxy) is 3. The van der Waals surface area contributed by atoms with Crippen molar-refractivity contribution in [1.29, 1.82) is 0 Å². The van der Waals surface area contributed by atoms with E-state index < -0.39 is 6.10 Å². The molecule has 0 N–H and O–H groups in total. The summed E-state index contributed by atoms with van der Waals surface area (Å²) in [5.41, 5.74) is 0. The van der Waals surface area contributed by atoms with Crippen LogP contribution >= 0.6 is 0 Å². The lowest BCUT2D eigenvalue weighted by molar-refractivity contribution is -0.167. The molecule has 0 bridgehead atoms.